The molecule has 0 aromatic heterocycles. The van der Waals surface area contributed by atoms with Crippen molar-refractivity contribution in [3.63, 3.8) is 0 Å². The van der Waals surface area contributed by atoms with Crippen molar-refractivity contribution in [3.8, 4) is 0 Å². The molecule has 0 amide bonds. The average Bonchev–Trinajstić information content (AvgIpc) is 3.00. The predicted octanol–water partition coefficient (Wildman–Crippen LogP) is 3.75. The number of hydrogen-bond acceptors (Lipinski definition) is 3. The number of nitrogens with zero attached hydrogens (tertiary/aromatic N) is 1. The van der Waals surface area contributed by atoms with E-state index < -0.39 is 18.8 Å². The second kappa shape index (κ2) is 6.10. The second-order valence-corrected chi connectivity index (χ2v) is 5.24. The van der Waals surface area contributed by atoms with Gasteiger partial charge in [0.2, 0.25) is 5.90 Å². The molecule has 1 aliphatic rings. The van der Waals surface area contributed by atoms with Gasteiger partial charge in [-0.3, -0.25) is 4.79 Å². The lowest BCUT2D eigenvalue weighted by molar-refractivity contribution is 0.101. The molecule has 0 spiro atoms. The summed E-state index contributed by atoms with van der Waals surface area (Å²) in [5.74, 6) is 0.464. The van der Waals surface area contributed by atoms with E-state index in [9.17, 15) is 9.18 Å². The van der Waals surface area contributed by atoms with Crippen LogP contribution in [0.1, 0.15) is 34.5 Å². The van der Waals surface area contributed by atoms with Gasteiger partial charge in [0.1, 0.15) is 12.7 Å². The number of alkyl halides is 1. The molecular weight excluding hydrogens is 281 g/mol. The number of aliphatic imine (C=N–C) groups is 1. The monoisotopic (exact) mass is 297 g/mol. The van der Waals surface area contributed by atoms with Gasteiger partial charge in [0, 0.05) is 11.1 Å². The first-order chi connectivity index (χ1) is 10.7. The standard InChI is InChI=1S/C18H16FNO2/c1-12(21)13-7-9-14(10-8-13)17-16(11-19)20-18(22-17)15-5-3-2-4-6-15/h2-10,16-17H,11H2,1H3/t16-,17-/m1/s1. The Morgan fingerprint density at radius 3 is 2.41 bits per heavy atom. The highest BCUT2D eigenvalue weighted by Crippen LogP contribution is 2.31. The van der Waals surface area contributed by atoms with Crippen molar-refractivity contribution >= 4 is 11.7 Å². The molecule has 0 N–H and O–H groups in total. The van der Waals surface area contributed by atoms with Crippen LogP contribution in [0.2, 0.25) is 0 Å². The average molecular weight is 297 g/mol. The summed E-state index contributed by atoms with van der Waals surface area (Å²) in [5.41, 5.74) is 2.29. The van der Waals surface area contributed by atoms with Gasteiger partial charge < -0.3 is 4.74 Å². The minimum Gasteiger partial charge on any atom is -0.467 e. The Morgan fingerprint density at radius 1 is 1.14 bits per heavy atom. The third-order valence-electron chi connectivity index (χ3n) is 3.70. The molecule has 0 unspecified atom stereocenters. The van der Waals surface area contributed by atoms with Gasteiger partial charge in [0.05, 0.1) is 0 Å². The van der Waals surface area contributed by atoms with Crippen LogP contribution in [0.3, 0.4) is 0 Å². The van der Waals surface area contributed by atoms with Crippen LogP contribution in [0.4, 0.5) is 4.39 Å². The summed E-state index contributed by atoms with van der Waals surface area (Å²) in [6, 6.07) is 16.0. The van der Waals surface area contributed by atoms with Crippen LogP contribution in [-0.4, -0.2) is 24.4 Å². The van der Waals surface area contributed by atoms with E-state index in [0.717, 1.165) is 11.1 Å². The van der Waals surface area contributed by atoms with Crippen molar-refractivity contribution in [1.82, 2.24) is 0 Å². The molecule has 0 saturated heterocycles. The number of ketones is 1. The maximum Gasteiger partial charge on any atom is 0.217 e. The van der Waals surface area contributed by atoms with Crippen molar-refractivity contribution < 1.29 is 13.9 Å². The summed E-state index contributed by atoms with van der Waals surface area (Å²) in [6.45, 7) is 0.928. The van der Waals surface area contributed by atoms with Crippen molar-refractivity contribution in [1.29, 1.82) is 0 Å². The van der Waals surface area contributed by atoms with E-state index in [0.29, 0.717) is 11.5 Å². The molecular formula is C18H16FNO2. The molecule has 0 radical (unpaired) electrons. The van der Waals surface area contributed by atoms with Crippen LogP contribution in [0.15, 0.2) is 59.6 Å². The van der Waals surface area contributed by atoms with E-state index in [1.807, 2.05) is 30.3 Å². The maximum absolute atomic E-state index is 13.3. The smallest absolute Gasteiger partial charge is 0.217 e. The largest absolute Gasteiger partial charge is 0.467 e. The fraction of sp³-hybridized carbons (Fsp3) is 0.222. The van der Waals surface area contributed by atoms with Crippen molar-refractivity contribution in [2.24, 2.45) is 4.99 Å². The molecule has 1 heterocycles. The first-order valence-electron chi connectivity index (χ1n) is 7.16. The molecule has 3 rings (SSSR count). The Balaban J connectivity index is 1.85. The van der Waals surface area contributed by atoms with E-state index in [-0.39, 0.29) is 5.78 Å². The number of carbonyl (C=O) groups is 1. The van der Waals surface area contributed by atoms with E-state index in [4.69, 9.17) is 4.74 Å². The third kappa shape index (κ3) is 2.77. The van der Waals surface area contributed by atoms with E-state index in [1.54, 1.807) is 24.3 Å². The lowest BCUT2D eigenvalue weighted by atomic mass is 10.0. The molecule has 0 saturated carbocycles. The van der Waals surface area contributed by atoms with Gasteiger partial charge in [-0.05, 0) is 24.6 Å². The number of halogens is 1. The number of benzene rings is 2. The molecule has 0 bridgehead atoms. The highest BCUT2D eigenvalue weighted by molar-refractivity contribution is 5.95. The van der Waals surface area contributed by atoms with Crippen LogP contribution >= 0.6 is 0 Å². The van der Waals surface area contributed by atoms with Crippen molar-refractivity contribution in [3.05, 3.63) is 71.3 Å². The fourth-order valence-electron chi connectivity index (χ4n) is 2.48. The Labute approximate surface area is 128 Å². The second-order valence-electron chi connectivity index (χ2n) is 5.24. The van der Waals surface area contributed by atoms with Crippen LogP contribution in [-0.2, 0) is 4.74 Å². The topological polar surface area (TPSA) is 38.7 Å². The van der Waals surface area contributed by atoms with Gasteiger partial charge in [-0.2, -0.15) is 0 Å². The van der Waals surface area contributed by atoms with Gasteiger partial charge in [-0.15, -0.1) is 0 Å². The molecule has 0 fully saturated rings. The number of ether oxygens (including phenoxy) is 1. The molecule has 112 valence electrons. The zero-order chi connectivity index (χ0) is 15.5. The number of carbonyl (C=O) groups excluding carboxylic acids is 1. The summed E-state index contributed by atoms with van der Waals surface area (Å²) in [6.07, 6.45) is -0.457. The van der Waals surface area contributed by atoms with E-state index >= 15 is 0 Å². The van der Waals surface area contributed by atoms with Gasteiger partial charge in [-0.1, -0.05) is 42.5 Å². The van der Waals surface area contributed by atoms with Gasteiger partial charge in [-0.25, -0.2) is 9.38 Å². The Bertz CT molecular complexity index is 695. The number of rotatable bonds is 4. The summed E-state index contributed by atoms with van der Waals surface area (Å²) >= 11 is 0. The Hall–Kier alpha value is -2.49. The molecule has 2 aromatic carbocycles. The molecule has 2 aromatic rings. The zero-order valence-electron chi connectivity index (χ0n) is 12.2. The summed E-state index contributed by atoms with van der Waals surface area (Å²) in [4.78, 5) is 15.7. The molecule has 1 aliphatic heterocycles. The summed E-state index contributed by atoms with van der Waals surface area (Å²) in [5, 5.41) is 0. The van der Waals surface area contributed by atoms with Gasteiger partial charge in [0.25, 0.3) is 0 Å². The molecule has 2 atom stereocenters. The Kier molecular flexibility index (Phi) is 4.00. The minimum atomic E-state index is -0.588. The SMILES string of the molecule is CC(=O)c1ccc([C@H]2OC(c3ccccc3)=N[C@@H]2CF)cc1. The molecule has 22 heavy (non-hydrogen) atoms. The maximum atomic E-state index is 13.3. The van der Waals surface area contributed by atoms with Gasteiger partial charge in [0.15, 0.2) is 11.9 Å². The van der Waals surface area contributed by atoms with E-state index in [2.05, 4.69) is 4.99 Å². The van der Waals surface area contributed by atoms with Crippen molar-refractivity contribution in [2.45, 2.75) is 19.1 Å². The number of Topliss-reactive ketones (excluding diaryl/α,β-unsaturated/α-hetero) is 1. The molecule has 4 heteroatoms. The molecule has 3 nitrogen and oxygen atoms in total. The fourth-order valence-corrected chi connectivity index (χ4v) is 2.48. The minimum absolute atomic E-state index is 0.00200. The molecule has 0 aliphatic carbocycles. The van der Waals surface area contributed by atoms with Gasteiger partial charge >= 0.3 is 0 Å². The highest BCUT2D eigenvalue weighted by atomic mass is 19.1. The lowest BCUT2D eigenvalue weighted by Crippen LogP contribution is -2.16. The lowest BCUT2D eigenvalue weighted by Gasteiger charge is -2.16. The highest BCUT2D eigenvalue weighted by Gasteiger charge is 2.32. The Morgan fingerprint density at radius 2 is 1.82 bits per heavy atom. The third-order valence-corrected chi connectivity index (χ3v) is 3.70. The van der Waals surface area contributed by atoms with E-state index in [1.165, 1.54) is 6.92 Å². The summed E-state index contributed by atoms with van der Waals surface area (Å²) in [7, 11) is 0. The van der Waals surface area contributed by atoms with Crippen molar-refractivity contribution in [2.75, 3.05) is 6.67 Å². The quantitative estimate of drug-likeness (QED) is 0.806. The predicted molar refractivity (Wildman–Crippen MR) is 83.0 cm³/mol. The van der Waals surface area contributed by atoms with Crippen LogP contribution in [0.25, 0.3) is 0 Å². The summed E-state index contributed by atoms with van der Waals surface area (Å²) < 4.78 is 19.2. The normalized spacial score (nSPS) is 20.4. The van der Waals surface area contributed by atoms with Crippen LogP contribution in [0.5, 0.6) is 0 Å². The first-order valence-corrected chi connectivity index (χ1v) is 7.16. The zero-order valence-corrected chi connectivity index (χ0v) is 12.2. The first kappa shape index (κ1) is 14.4. The number of hydrogen-bond donors (Lipinski definition) is 0. The van der Waals surface area contributed by atoms with Crippen LogP contribution < -0.4 is 0 Å². The van der Waals surface area contributed by atoms with Crippen LogP contribution in [0, 0.1) is 0 Å².